The van der Waals surface area contributed by atoms with Gasteiger partial charge in [-0.1, -0.05) is 17.7 Å². The van der Waals surface area contributed by atoms with E-state index >= 15 is 0 Å². The number of nitrogens with one attached hydrogen (secondary N) is 2. The molecule has 0 aliphatic rings. The highest BCUT2D eigenvalue weighted by molar-refractivity contribution is 6.31. The highest BCUT2D eigenvalue weighted by Crippen LogP contribution is 2.22. The SMILES string of the molecule is COC(C)(C)CNCc1c[nH]c2cc(Cl)ccc12. The lowest BCUT2D eigenvalue weighted by Gasteiger charge is -2.23. The Morgan fingerprint density at radius 3 is 2.89 bits per heavy atom. The Bertz CT molecular complexity index is 534. The minimum atomic E-state index is -0.143. The zero-order chi connectivity index (χ0) is 13.2. The molecule has 0 fully saturated rings. The van der Waals surface area contributed by atoms with Crippen molar-refractivity contribution in [2.45, 2.75) is 26.0 Å². The largest absolute Gasteiger partial charge is 0.377 e. The molecular weight excluding hydrogens is 248 g/mol. The van der Waals surface area contributed by atoms with Gasteiger partial charge in [-0.05, 0) is 31.5 Å². The molecule has 0 aliphatic carbocycles. The van der Waals surface area contributed by atoms with Crippen LogP contribution in [0.5, 0.6) is 0 Å². The van der Waals surface area contributed by atoms with Crippen LogP contribution in [0.25, 0.3) is 10.9 Å². The van der Waals surface area contributed by atoms with E-state index in [4.69, 9.17) is 16.3 Å². The Kier molecular flexibility index (Phi) is 3.95. The summed E-state index contributed by atoms with van der Waals surface area (Å²) in [7, 11) is 1.73. The first-order chi connectivity index (χ1) is 8.52. The number of halogens is 1. The van der Waals surface area contributed by atoms with Crippen molar-refractivity contribution in [3.05, 3.63) is 35.0 Å². The first-order valence-electron chi connectivity index (χ1n) is 6.03. The van der Waals surface area contributed by atoms with Crippen molar-refractivity contribution in [2.24, 2.45) is 0 Å². The van der Waals surface area contributed by atoms with E-state index in [1.165, 1.54) is 10.9 Å². The van der Waals surface area contributed by atoms with Crippen molar-refractivity contribution >= 4 is 22.5 Å². The molecule has 98 valence electrons. The van der Waals surface area contributed by atoms with E-state index in [1.807, 2.05) is 24.4 Å². The average molecular weight is 267 g/mol. The summed E-state index contributed by atoms with van der Waals surface area (Å²) in [6, 6.07) is 5.91. The molecule has 0 atom stereocenters. The van der Waals surface area contributed by atoms with Crippen LogP contribution < -0.4 is 5.32 Å². The van der Waals surface area contributed by atoms with Crippen LogP contribution in [0.1, 0.15) is 19.4 Å². The fourth-order valence-corrected chi connectivity index (χ4v) is 2.05. The summed E-state index contributed by atoms with van der Waals surface area (Å²) < 4.78 is 5.37. The number of rotatable bonds is 5. The Morgan fingerprint density at radius 1 is 1.39 bits per heavy atom. The van der Waals surface area contributed by atoms with Crippen LogP contribution in [-0.4, -0.2) is 24.2 Å². The highest BCUT2D eigenvalue weighted by atomic mass is 35.5. The highest BCUT2D eigenvalue weighted by Gasteiger charge is 2.15. The van der Waals surface area contributed by atoms with Gasteiger partial charge in [0, 0.05) is 42.3 Å². The van der Waals surface area contributed by atoms with E-state index in [9.17, 15) is 0 Å². The van der Waals surface area contributed by atoms with Crippen molar-refractivity contribution in [2.75, 3.05) is 13.7 Å². The second-order valence-corrected chi connectivity index (χ2v) is 5.51. The molecule has 3 nitrogen and oxygen atoms in total. The maximum atomic E-state index is 5.96. The molecule has 1 aromatic heterocycles. The Morgan fingerprint density at radius 2 is 2.17 bits per heavy atom. The zero-order valence-electron chi connectivity index (χ0n) is 11.0. The summed E-state index contributed by atoms with van der Waals surface area (Å²) in [4.78, 5) is 3.23. The number of H-pyrrole nitrogens is 1. The Hall–Kier alpha value is -1.03. The van der Waals surface area contributed by atoms with E-state index in [0.717, 1.165) is 23.6 Å². The molecule has 1 heterocycles. The minimum absolute atomic E-state index is 0.143. The third-order valence-electron chi connectivity index (χ3n) is 3.15. The second kappa shape index (κ2) is 5.31. The van der Waals surface area contributed by atoms with Gasteiger partial charge in [-0.15, -0.1) is 0 Å². The summed E-state index contributed by atoms with van der Waals surface area (Å²) in [6.45, 7) is 5.75. The minimum Gasteiger partial charge on any atom is -0.377 e. The van der Waals surface area contributed by atoms with E-state index in [1.54, 1.807) is 7.11 Å². The lowest BCUT2D eigenvalue weighted by molar-refractivity contribution is 0.0231. The van der Waals surface area contributed by atoms with Crippen LogP contribution in [0, 0.1) is 0 Å². The number of aromatic nitrogens is 1. The van der Waals surface area contributed by atoms with Crippen LogP contribution in [0.2, 0.25) is 5.02 Å². The smallest absolute Gasteiger partial charge is 0.0746 e. The predicted molar refractivity (Wildman–Crippen MR) is 76.1 cm³/mol. The second-order valence-electron chi connectivity index (χ2n) is 5.07. The number of fused-ring (bicyclic) bond motifs is 1. The van der Waals surface area contributed by atoms with E-state index in [-0.39, 0.29) is 5.60 Å². The van der Waals surface area contributed by atoms with Gasteiger partial charge in [-0.25, -0.2) is 0 Å². The van der Waals surface area contributed by atoms with E-state index in [0.29, 0.717) is 0 Å². The first-order valence-corrected chi connectivity index (χ1v) is 6.41. The summed E-state index contributed by atoms with van der Waals surface area (Å²) >= 11 is 5.96. The maximum Gasteiger partial charge on any atom is 0.0746 e. The van der Waals surface area contributed by atoms with Crippen molar-refractivity contribution in [3.63, 3.8) is 0 Å². The first kappa shape index (κ1) is 13.4. The monoisotopic (exact) mass is 266 g/mol. The van der Waals surface area contributed by atoms with Gasteiger partial charge in [0.05, 0.1) is 5.60 Å². The molecule has 0 amide bonds. The Balaban J connectivity index is 2.04. The number of aromatic amines is 1. The predicted octanol–water partition coefficient (Wildman–Crippen LogP) is 3.34. The average Bonchev–Trinajstić information content (AvgIpc) is 2.71. The van der Waals surface area contributed by atoms with Crippen LogP contribution in [0.4, 0.5) is 0 Å². The van der Waals surface area contributed by atoms with Gasteiger partial charge < -0.3 is 15.0 Å². The van der Waals surface area contributed by atoms with Gasteiger partial charge in [0.15, 0.2) is 0 Å². The molecule has 0 radical (unpaired) electrons. The topological polar surface area (TPSA) is 37.0 Å². The summed E-state index contributed by atoms with van der Waals surface area (Å²) in [6.07, 6.45) is 2.02. The molecule has 4 heteroatoms. The molecule has 0 unspecified atom stereocenters. The number of benzene rings is 1. The van der Waals surface area contributed by atoms with Gasteiger partial charge in [-0.3, -0.25) is 0 Å². The summed E-state index contributed by atoms with van der Waals surface area (Å²) in [5.41, 5.74) is 2.17. The molecule has 0 saturated carbocycles. The molecule has 1 aromatic carbocycles. The van der Waals surface area contributed by atoms with Gasteiger partial charge in [-0.2, -0.15) is 0 Å². The van der Waals surface area contributed by atoms with Crippen LogP contribution in [0.3, 0.4) is 0 Å². The fourth-order valence-electron chi connectivity index (χ4n) is 1.88. The van der Waals surface area contributed by atoms with E-state index in [2.05, 4.69) is 24.1 Å². The molecule has 2 N–H and O–H groups in total. The van der Waals surface area contributed by atoms with Crippen LogP contribution >= 0.6 is 11.6 Å². The number of methoxy groups -OCH3 is 1. The molecule has 2 rings (SSSR count). The lowest BCUT2D eigenvalue weighted by atomic mass is 10.1. The van der Waals surface area contributed by atoms with Crippen molar-refractivity contribution in [3.8, 4) is 0 Å². The van der Waals surface area contributed by atoms with Crippen molar-refractivity contribution in [1.29, 1.82) is 0 Å². The number of ether oxygens (including phenoxy) is 1. The number of hydrogen-bond acceptors (Lipinski definition) is 2. The normalized spacial score (nSPS) is 12.2. The van der Waals surface area contributed by atoms with E-state index < -0.39 is 0 Å². The molecular formula is C14H19ClN2O. The van der Waals surface area contributed by atoms with Gasteiger partial charge >= 0.3 is 0 Å². The Labute approximate surface area is 112 Å². The third kappa shape index (κ3) is 3.05. The quantitative estimate of drug-likeness (QED) is 0.871. The van der Waals surface area contributed by atoms with Gasteiger partial charge in [0.25, 0.3) is 0 Å². The number of hydrogen-bond donors (Lipinski definition) is 2. The molecule has 0 spiro atoms. The zero-order valence-corrected chi connectivity index (χ0v) is 11.8. The van der Waals surface area contributed by atoms with Gasteiger partial charge in [0.2, 0.25) is 0 Å². The molecule has 18 heavy (non-hydrogen) atoms. The molecule has 0 aliphatic heterocycles. The maximum absolute atomic E-state index is 5.96. The summed E-state index contributed by atoms with van der Waals surface area (Å²) in [5, 5.41) is 5.37. The molecule has 0 saturated heterocycles. The van der Waals surface area contributed by atoms with Crippen LogP contribution in [0.15, 0.2) is 24.4 Å². The third-order valence-corrected chi connectivity index (χ3v) is 3.38. The lowest BCUT2D eigenvalue weighted by Crippen LogP contribution is -2.36. The van der Waals surface area contributed by atoms with Crippen molar-refractivity contribution in [1.82, 2.24) is 10.3 Å². The summed E-state index contributed by atoms with van der Waals surface area (Å²) in [5.74, 6) is 0. The standard InChI is InChI=1S/C14H19ClN2O/c1-14(2,18-3)9-16-7-10-8-17-13-6-11(15)4-5-12(10)13/h4-6,8,16-17H,7,9H2,1-3H3. The molecule has 2 aromatic rings. The van der Waals surface area contributed by atoms with Gasteiger partial charge in [0.1, 0.15) is 0 Å². The molecule has 0 bridgehead atoms. The fraction of sp³-hybridized carbons (Fsp3) is 0.429. The van der Waals surface area contributed by atoms with Crippen LogP contribution in [-0.2, 0) is 11.3 Å². The van der Waals surface area contributed by atoms with Crippen molar-refractivity contribution < 1.29 is 4.74 Å².